The molecule has 0 spiro atoms. The Balaban J connectivity index is 0.000000154. The Hall–Kier alpha value is -4.99. The van der Waals surface area contributed by atoms with E-state index in [1.165, 1.54) is 64.2 Å². The van der Waals surface area contributed by atoms with Crippen molar-refractivity contribution in [3.8, 4) is 0 Å². The van der Waals surface area contributed by atoms with Gasteiger partial charge in [-0.25, -0.2) is 4.58 Å². The van der Waals surface area contributed by atoms with E-state index in [2.05, 4.69) is 187 Å². The van der Waals surface area contributed by atoms with Gasteiger partial charge in [-0.05, 0) is 30.0 Å². The molecule has 244 valence electrons. The van der Waals surface area contributed by atoms with Crippen LogP contribution in [0.3, 0.4) is 0 Å². The van der Waals surface area contributed by atoms with Gasteiger partial charge in [-0.3, -0.25) is 0 Å². The monoisotopic (exact) mass is 639 g/mol. The Morgan fingerprint density at radius 3 is 1.49 bits per heavy atom. The second kappa shape index (κ2) is 15.9. The highest BCUT2D eigenvalue weighted by molar-refractivity contribution is 7.19. The average molecular weight is 640 g/mol. The van der Waals surface area contributed by atoms with E-state index in [9.17, 15) is 0 Å². The molecular formula is C46H46BNO. The van der Waals surface area contributed by atoms with E-state index in [0.29, 0.717) is 12.1 Å². The second-order valence-corrected chi connectivity index (χ2v) is 13.5. The number of ether oxygens (including phenoxy) is 1. The maximum Gasteiger partial charge on any atom is 0.178 e. The van der Waals surface area contributed by atoms with Gasteiger partial charge in [0.2, 0.25) is 0 Å². The molecule has 2 atom stereocenters. The summed E-state index contributed by atoms with van der Waals surface area (Å²) in [6.45, 7) is 1.85. The fourth-order valence-corrected chi connectivity index (χ4v) is 8.19. The Morgan fingerprint density at radius 1 is 0.510 bits per heavy atom. The van der Waals surface area contributed by atoms with Crippen LogP contribution >= 0.6 is 0 Å². The third kappa shape index (κ3) is 7.38. The van der Waals surface area contributed by atoms with Crippen molar-refractivity contribution in [3.63, 3.8) is 0 Å². The molecule has 0 amide bonds. The predicted molar refractivity (Wildman–Crippen MR) is 208 cm³/mol. The van der Waals surface area contributed by atoms with Gasteiger partial charge in [-0.2, -0.15) is 21.9 Å². The number of rotatable bonds is 8. The third-order valence-corrected chi connectivity index (χ3v) is 10.6. The number of benzene rings is 6. The summed E-state index contributed by atoms with van der Waals surface area (Å²) in [6.07, 6.45) is 7.69. The Kier molecular flexibility index (Phi) is 10.6. The highest BCUT2D eigenvalue weighted by Crippen LogP contribution is 2.26. The number of hydrogen-bond donors (Lipinski definition) is 0. The van der Waals surface area contributed by atoms with Crippen molar-refractivity contribution in [2.24, 2.45) is 0 Å². The molecule has 1 aliphatic heterocycles. The Labute approximate surface area is 292 Å². The summed E-state index contributed by atoms with van der Waals surface area (Å²) in [5.41, 5.74) is 9.49. The first kappa shape index (κ1) is 32.6. The van der Waals surface area contributed by atoms with E-state index in [1.807, 2.05) is 0 Å². The van der Waals surface area contributed by atoms with E-state index in [-0.39, 0.29) is 0 Å². The molecule has 1 heterocycles. The Morgan fingerprint density at radius 2 is 0.959 bits per heavy atom. The lowest BCUT2D eigenvalue weighted by Gasteiger charge is -2.44. The van der Waals surface area contributed by atoms with Crippen LogP contribution in [0, 0.1) is 0 Å². The first-order valence-corrected chi connectivity index (χ1v) is 18.0. The van der Waals surface area contributed by atoms with Crippen molar-refractivity contribution >= 4 is 34.2 Å². The molecule has 1 aliphatic carbocycles. The van der Waals surface area contributed by atoms with Crippen LogP contribution < -0.4 is 21.9 Å². The number of hydrogen-bond acceptors (Lipinski definition) is 1. The normalized spacial score (nSPS) is 17.2. The lowest BCUT2D eigenvalue weighted by Crippen LogP contribution is -2.74. The fourth-order valence-electron chi connectivity index (χ4n) is 8.19. The zero-order valence-corrected chi connectivity index (χ0v) is 28.4. The minimum atomic E-state index is -1.22. The van der Waals surface area contributed by atoms with E-state index in [0.717, 1.165) is 19.6 Å². The molecular weight excluding hydrogens is 593 g/mol. The summed E-state index contributed by atoms with van der Waals surface area (Å²) in [6, 6.07) is 63.4. The van der Waals surface area contributed by atoms with Crippen LogP contribution in [-0.2, 0) is 17.8 Å². The van der Waals surface area contributed by atoms with Crippen molar-refractivity contribution in [2.45, 2.75) is 50.9 Å². The minimum absolute atomic E-state index is 0.348. The van der Waals surface area contributed by atoms with Crippen LogP contribution in [0.15, 0.2) is 176 Å². The maximum absolute atomic E-state index is 6.36. The highest BCUT2D eigenvalue weighted by Gasteiger charge is 2.35. The topological polar surface area (TPSA) is 12.2 Å². The molecule has 0 saturated heterocycles. The van der Waals surface area contributed by atoms with Crippen molar-refractivity contribution in [1.82, 2.24) is 0 Å². The van der Waals surface area contributed by atoms with Gasteiger partial charge in [-0.15, -0.1) is 0 Å². The molecule has 0 N–H and O–H groups in total. The van der Waals surface area contributed by atoms with Crippen molar-refractivity contribution in [1.29, 1.82) is 0 Å². The van der Waals surface area contributed by atoms with E-state index in [4.69, 9.17) is 4.74 Å². The standard InChI is InChI=1S/C24H20B.C22H26NO/c1-5-13-21(14-6-1)25(22-15-7-2-8-16-22,23-17-9-3-10-18-23)24-19-11-4-12-20-24;1-2-8-18(9-3-1)17-24-22-13-7-6-12-21(22)23-15-14-19-10-4-5-11-20(19)16-23/h1-20H;1-5,8-11,16,21-22H,6-7,12-15,17H2/q-1;+1/t;21-,22-/m.0/s1. The first-order valence-electron chi connectivity index (χ1n) is 18.0. The smallest absolute Gasteiger partial charge is 0.178 e. The molecule has 6 aromatic carbocycles. The van der Waals surface area contributed by atoms with Gasteiger partial charge in [0.15, 0.2) is 12.3 Å². The van der Waals surface area contributed by atoms with Crippen LogP contribution in [0.4, 0.5) is 0 Å². The largest absolute Gasteiger partial charge is 0.367 e. The molecule has 49 heavy (non-hydrogen) atoms. The number of fused-ring (bicyclic) bond motifs is 1. The zero-order valence-electron chi connectivity index (χ0n) is 28.4. The van der Waals surface area contributed by atoms with Gasteiger partial charge in [-0.1, -0.05) is 176 Å². The van der Waals surface area contributed by atoms with Crippen LogP contribution in [-0.4, -0.2) is 35.6 Å². The lowest BCUT2D eigenvalue weighted by atomic mass is 9.13. The van der Waals surface area contributed by atoms with Gasteiger partial charge in [0.1, 0.15) is 18.8 Å². The molecule has 1 fully saturated rings. The van der Waals surface area contributed by atoms with Crippen molar-refractivity contribution < 1.29 is 9.31 Å². The van der Waals surface area contributed by atoms with E-state index in [1.54, 1.807) is 0 Å². The van der Waals surface area contributed by atoms with Crippen molar-refractivity contribution in [3.05, 3.63) is 193 Å². The molecule has 0 bridgehead atoms. The quantitative estimate of drug-likeness (QED) is 0.126. The van der Waals surface area contributed by atoms with Gasteiger partial charge < -0.3 is 4.74 Å². The van der Waals surface area contributed by atoms with E-state index < -0.39 is 6.15 Å². The molecule has 6 aromatic rings. The molecule has 2 aliphatic rings. The number of nitrogens with zero attached hydrogens (tertiary/aromatic N) is 1. The molecule has 0 radical (unpaired) electrons. The summed E-state index contributed by atoms with van der Waals surface area (Å²) in [5, 5.41) is 0. The first-order chi connectivity index (χ1) is 24.3. The van der Waals surface area contributed by atoms with Crippen LogP contribution in [0.5, 0.6) is 0 Å². The summed E-state index contributed by atoms with van der Waals surface area (Å²) < 4.78 is 8.91. The van der Waals surface area contributed by atoms with Gasteiger partial charge in [0.05, 0.1) is 6.61 Å². The van der Waals surface area contributed by atoms with Gasteiger partial charge in [0.25, 0.3) is 0 Å². The highest BCUT2D eigenvalue weighted by atomic mass is 16.5. The van der Waals surface area contributed by atoms with Crippen LogP contribution in [0.1, 0.15) is 42.4 Å². The minimum Gasteiger partial charge on any atom is -0.367 e. The molecule has 2 nitrogen and oxygen atoms in total. The summed E-state index contributed by atoms with van der Waals surface area (Å²) in [5.74, 6) is 0. The average Bonchev–Trinajstić information content (AvgIpc) is 3.20. The Bertz CT molecular complexity index is 1750. The molecule has 8 rings (SSSR count). The molecule has 3 heteroatoms. The van der Waals surface area contributed by atoms with Gasteiger partial charge >= 0.3 is 0 Å². The zero-order chi connectivity index (χ0) is 33.1. The van der Waals surface area contributed by atoms with Crippen LogP contribution in [0.25, 0.3) is 0 Å². The third-order valence-electron chi connectivity index (χ3n) is 10.6. The maximum atomic E-state index is 6.36. The van der Waals surface area contributed by atoms with E-state index >= 15 is 0 Å². The molecule has 1 saturated carbocycles. The van der Waals surface area contributed by atoms with Crippen LogP contribution in [0.2, 0.25) is 0 Å². The van der Waals surface area contributed by atoms with Gasteiger partial charge in [0, 0.05) is 18.4 Å². The van der Waals surface area contributed by atoms with Crippen molar-refractivity contribution in [2.75, 3.05) is 6.54 Å². The molecule has 0 aromatic heterocycles. The summed E-state index contributed by atoms with van der Waals surface area (Å²) in [7, 11) is 0. The fraction of sp³-hybridized carbons (Fsp3) is 0.196. The summed E-state index contributed by atoms with van der Waals surface area (Å²) >= 11 is 0. The predicted octanol–water partition coefficient (Wildman–Crippen LogP) is 7.27. The second-order valence-electron chi connectivity index (χ2n) is 13.5. The summed E-state index contributed by atoms with van der Waals surface area (Å²) in [4.78, 5) is 0. The lowest BCUT2D eigenvalue weighted by molar-refractivity contribution is -0.577. The SMILES string of the molecule is C1=[N+]([C@H]2CCCC[C@@H]2OCc2ccccc2)CCc2ccccc21.c1ccc([B-](c2ccccc2)(c2ccccc2)c2ccccc2)cc1. The molecule has 0 unspecified atom stereocenters.